The molecule has 0 saturated heterocycles. The molecule has 0 unspecified atom stereocenters. The number of benzene rings is 2. The monoisotopic (exact) mass is 403 g/mol. The highest BCUT2D eigenvalue weighted by atomic mass is 35.5. The standard InChI is InChI=1S/C22H29N3O2.ClH/c1-16(2)27-15-18-10-8-17(9-11-18)13-24-22(26)14-25-12-4-5-19-20(23)6-3-7-21(19)25;/h3,6-11,16H,4-5,12-15,23H2,1-2H3,(H,24,26);1H. The molecule has 2 aromatic carbocycles. The summed E-state index contributed by atoms with van der Waals surface area (Å²) in [5.74, 6) is 0.0255. The normalized spacial score (nSPS) is 13.0. The average Bonchev–Trinajstić information content (AvgIpc) is 2.66. The van der Waals surface area contributed by atoms with Crippen LogP contribution in [-0.2, 0) is 29.1 Å². The van der Waals surface area contributed by atoms with E-state index in [1.165, 1.54) is 0 Å². The molecule has 0 aliphatic carbocycles. The van der Waals surface area contributed by atoms with E-state index in [4.69, 9.17) is 10.5 Å². The van der Waals surface area contributed by atoms with Gasteiger partial charge in [0.05, 0.1) is 19.3 Å². The topological polar surface area (TPSA) is 67.6 Å². The highest BCUT2D eigenvalue weighted by Gasteiger charge is 2.20. The molecule has 6 heteroatoms. The third-order valence-corrected chi connectivity index (χ3v) is 4.81. The van der Waals surface area contributed by atoms with Crippen LogP contribution in [-0.4, -0.2) is 25.1 Å². The lowest BCUT2D eigenvalue weighted by molar-refractivity contribution is -0.119. The number of fused-ring (bicyclic) bond motifs is 1. The van der Waals surface area contributed by atoms with Gasteiger partial charge >= 0.3 is 0 Å². The summed E-state index contributed by atoms with van der Waals surface area (Å²) in [7, 11) is 0. The first-order chi connectivity index (χ1) is 13.0. The Morgan fingerprint density at radius 3 is 2.61 bits per heavy atom. The molecule has 1 aliphatic heterocycles. The van der Waals surface area contributed by atoms with E-state index in [1.54, 1.807) is 0 Å². The molecule has 0 saturated carbocycles. The second-order valence-electron chi connectivity index (χ2n) is 7.32. The quantitative estimate of drug-likeness (QED) is 0.692. The van der Waals surface area contributed by atoms with Crippen LogP contribution in [0.1, 0.15) is 37.0 Å². The van der Waals surface area contributed by atoms with Gasteiger partial charge in [-0.3, -0.25) is 4.79 Å². The second-order valence-corrected chi connectivity index (χ2v) is 7.32. The van der Waals surface area contributed by atoms with Crippen molar-refractivity contribution in [2.75, 3.05) is 23.7 Å². The molecule has 0 fully saturated rings. The van der Waals surface area contributed by atoms with Crippen molar-refractivity contribution >= 4 is 29.7 Å². The Balaban J connectivity index is 0.00000280. The van der Waals surface area contributed by atoms with Crippen LogP contribution in [0.2, 0.25) is 0 Å². The molecule has 152 valence electrons. The summed E-state index contributed by atoms with van der Waals surface area (Å²) in [6, 6.07) is 14.1. The van der Waals surface area contributed by atoms with Gasteiger partial charge in [0.2, 0.25) is 5.91 Å². The zero-order valence-corrected chi connectivity index (χ0v) is 17.4. The van der Waals surface area contributed by atoms with Gasteiger partial charge in [-0.05, 0) is 55.5 Å². The molecule has 3 N–H and O–H groups in total. The van der Waals surface area contributed by atoms with Crippen LogP contribution in [0.5, 0.6) is 0 Å². The Morgan fingerprint density at radius 2 is 1.89 bits per heavy atom. The number of nitrogens with zero attached hydrogens (tertiary/aromatic N) is 1. The van der Waals surface area contributed by atoms with Gasteiger partial charge in [0.25, 0.3) is 0 Å². The number of anilines is 2. The fraction of sp³-hybridized carbons (Fsp3) is 0.409. The van der Waals surface area contributed by atoms with Crippen molar-refractivity contribution in [3.05, 3.63) is 59.2 Å². The number of carbonyl (C=O) groups is 1. The van der Waals surface area contributed by atoms with E-state index in [0.717, 1.165) is 47.5 Å². The molecule has 0 atom stereocenters. The van der Waals surface area contributed by atoms with Gasteiger partial charge in [0, 0.05) is 24.5 Å². The first-order valence-corrected chi connectivity index (χ1v) is 9.61. The Bertz CT molecular complexity index is 778. The number of nitrogens with two attached hydrogens (primary N) is 1. The number of hydrogen-bond donors (Lipinski definition) is 2. The largest absolute Gasteiger partial charge is 0.398 e. The molecule has 1 amide bonds. The van der Waals surface area contributed by atoms with E-state index >= 15 is 0 Å². The molecule has 0 radical (unpaired) electrons. The summed E-state index contributed by atoms with van der Waals surface area (Å²) in [5, 5.41) is 3.02. The summed E-state index contributed by atoms with van der Waals surface area (Å²) in [6.45, 7) is 6.44. The SMILES string of the molecule is CC(C)OCc1ccc(CNC(=O)CN2CCCc3c(N)cccc32)cc1.Cl. The molecule has 5 nitrogen and oxygen atoms in total. The second kappa shape index (κ2) is 10.3. The van der Waals surface area contributed by atoms with Crippen molar-refractivity contribution in [1.82, 2.24) is 5.32 Å². The van der Waals surface area contributed by atoms with Crippen molar-refractivity contribution in [3.63, 3.8) is 0 Å². The number of carbonyl (C=O) groups excluding carboxylic acids is 1. The van der Waals surface area contributed by atoms with Gasteiger partial charge < -0.3 is 20.7 Å². The lowest BCUT2D eigenvalue weighted by Crippen LogP contribution is -2.39. The van der Waals surface area contributed by atoms with Crippen LogP contribution in [0.25, 0.3) is 0 Å². The van der Waals surface area contributed by atoms with Crippen LogP contribution in [0.3, 0.4) is 0 Å². The summed E-state index contributed by atoms with van der Waals surface area (Å²) in [6.07, 6.45) is 2.22. The fourth-order valence-electron chi connectivity index (χ4n) is 3.34. The first-order valence-electron chi connectivity index (χ1n) is 9.61. The molecule has 1 heterocycles. The van der Waals surface area contributed by atoms with Gasteiger partial charge in [-0.25, -0.2) is 0 Å². The zero-order chi connectivity index (χ0) is 19.2. The maximum absolute atomic E-state index is 12.4. The molecular formula is C22H30ClN3O2. The van der Waals surface area contributed by atoms with Gasteiger partial charge in [-0.2, -0.15) is 0 Å². The Morgan fingerprint density at radius 1 is 1.18 bits per heavy atom. The molecule has 1 aliphatic rings. The smallest absolute Gasteiger partial charge is 0.239 e. The highest BCUT2D eigenvalue weighted by molar-refractivity contribution is 5.85. The van der Waals surface area contributed by atoms with Gasteiger partial charge in [0.15, 0.2) is 0 Å². The molecule has 0 bridgehead atoms. The Kier molecular flexibility index (Phi) is 8.15. The summed E-state index contributed by atoms with van der Waals surface area (Å²) in [5.41, 5.74) is 11.4. The van der Waals surface area contributed by atoms with Crippen LogP contribution >= 0.6 is 12.4 Å². The Labute approximate surface area is 173 Å². The third kappa shape index (κ3) is 5.88. The van der Waals surface area contributed by atoms with E-state index in [0.29, 0.717) is 19.7 Å². The predicted octanol–water partition coefficient (Wildman–Crippen LogP) is 3.68. The number of ether oxygens (including phenoxy) is 1. The lowest BCUT2D eigenvalue weighted by Gasteiger charge is -2.31. The van der Waals surface area contributed by atoms with E-state index in [2.05, 4.69) is 16.3 Å². The number of amides is 1. The maximum atomic E-state index is 12.4. The van der Waals surface area contributed by atoms with E-state index in [-0.39, 0.29) is 24.4 Å². The molecule has 0 aromatic heterocycles. The molecule has 2 aromatic rings. The highest BCUT2D eigenvalue weighted by Crippen LogP contribution is 2.30. The van der Waals surface area contributed by atoms with E-state index < -0.39 is 0 Å². The maximum Gasteiger partial charge on any atom is 0.239 e. The molecule has 28 heavy (non-hydrogen) atoms. The van der Waals surface area contributed by atoms with Crippen molar-refractivity contribution < 1.29 is 9.53 Å². The number of rotatable bonds is 7. The Hall–Kier alpha value is -2.24. The van der Waals surface area contributed by atoms with Gasteiger partial charge in [-0.15, -0.1) is 12.4 Å². The van der Waals surface area contributed by atoms with Crippen LogP contribution < -0.4 is 16.0 Å². The van der Waals surface area contributed by atoms with Gasteiger partial charge in [-0.1, -0.05) is 30.3 Å². The minimum Gasteiger partial charge on any atom is -0.398 e. The minimum atomic E-state index is 0. The van der Waals surface area contributed by atoms with Crippen LogP contribution in [0.15, 0.2) is 42.5 Å². The number of nitrogens with one attached hydrogen (secondary N) is 1. The number of halogens is 1. The molecular weight excluding hydrogens is 374 g/mol. The number of hydrogen-bond acceptors (Lipinski definition) is 4. The molecule has 0 spiro atoms. The van der Waals surface area contributed by atoms with Crippen molar-refractivity contribution in [1.29, 1.82) is 0 Å². The minimum absolute atomic E-state index is 0. The fourth-order valence-corrected chi connectivity index (χ4v) is 3.34. The zero-order valence-electron chi connectivity index (χ0n) is 16.6. The summed E-state index contributed by atoms with van der Waals surface area (Å²) < 4.78 is 5.60. The predicted molar refractivity (Wildman–Crippen MR) is 117 cm³/mol. The van der Waals surface area contributed by atoms with E-state index in [1.807, 2.05) is 50.2 Å². The van der Waals surface area contributed by atoms with Crippen molar-refractivity contribution in [2.24, 2.45) is 0 Å². The third-order valence-electron chi connectivity index (χ3n) is 4.81. The first kappa shape index (κ1) is 22.1. The summed E-state index contributed by atoms with van der Waals surface area (Å²) >= 11 is 0. The van der Waals surface area contributed by atoms with Gasteiger partial charge in [0.1, 0.15) is 0 Å². The average molecular weight is 404 g/mol. The van der Waals surface area contributed by atoms with E-state index in [9.17, 15) is 4.79 Å². The van der Waals surface area contributed by atoms with Crippen molar-refractivity contribution in [2.45, 2.75) is 45.9 Å². The summed E-state index contributed by atoms with van der Waals surface area (Å²) in [4.78, 5) is 14.5. The van der Waals surface area contributed by atoms with Crippen LogP contribution in [0.4, 0.5) is 11.4 Å². The van der Waals surface area contributed by atoms with Crippen LogP contribution in [0, 0.1) is 0 Å². The number of nitrogen functional groups attached to an aromatic ring is 1. The van der Waals surface area contributed by atoms with Crippen molar-refractivity contribution in [3.8, 4) is 0 Å². The molecule has 3 rings (SSSR count). The lowest BCUT2D eigenvalue weighted by atomic mass is 10.00.